The van der Waals surface area contributed by atoms with Crippen LogP contribution in [-0.4, -0.2) is 66.7 Å². The molecule has 2 aliphatic rings. The van der Waals surface area contributed by atoms with Gasteiger partial charge in [0.05, 0.1) is 12.2 Å². The highest BCUT2D eigenvalue weighted by Gasteiger charge is 2.23. The molecule has 6 nitrogen and oxygen atoms in total. The molecule has 1 aliphatic carbocycles. The van der Waals surface area contributed by atoms with Gasteiger partial charge in [-0.2, -0.15) is 5.26 Å². The summed E-state index contributed by atoms with van der Waals surface area (Å²) >= 11 is 1.57. The first-order valence-electron chi connectivity index (χ1n) is 8.61. The zero-order valence-electron chi connectivity index (χ0n) is 13.9. The van der Waals surface area contributed by atoms with Gasteiger partial charge in [-0.1, -0.05) is 0 Å². The zero-order valence-corrected chi connectivity index (χ0v) is 14.7. The number of aryl methyl sites for hydroxylation is 1. The van der Waals surface area contributed by atoms with Crippen LogP contribution in [0.3, 0.4) is 0 Å². The Bertz CT molecular complexity index is 629. The number of anilines is 1. The minimum atomic E-state index is -0.00999. The van der Waals surface area contributed by atoms with E-state index in [1.54, 1.807) is 11.3 Å². The largest absolute Gasteiger partial charge is 0.395 e. The molecule has 130 valence electrons. The van der Waals surface area contributed by atoms with Gasteiger partial charge in [-0.3, -0.25) is 9.69 Å². The Kier molecular flexibility index (Phi) is 5.85. The van der Waals surface area contributed by atoms with Crippen molar-refractivity contribution >= 4 is 22.2 Å². The van der Waals surface area contributed by atoms with E-state index >= 15 is 0 Å². The lowest BCUT2D eigenvalue weighted by molar-refractivity contribution is -0.116. The van der Waals surface area contributed by atoms with Crippen molar-refractivity contribution in [2.24, 2.45) is 0 Å². The molecule has 2 N–H and O–H groups in total. The van der Waals surface area contributed by atoms with Crippen LogP contribution < -0.4 is 5.32 Å². The molecular formula is C17H24N4O2S. The number of hydrogen-bond acceptors (Lipinski definition) is 6. The van der Waals surface area contributed by atoms with Gasteiger partial charge in [0.25, 0.3) is 0 Å². The second-order valence-electron chi connectivity index (χ2n) is 6.38. The summed E-state index contributed by atoms with van der Waals surface area (Å²) in [5.74, 6) is -0.00999. The van der Waals surface area contributed by atoms with Crippen molar-refractivity contribution in [1.82, 2.24) is 9.80 Å². The third-order valence-corrected chi connectivity index (χ3v) is 6.03. The predicted molar refractivity (Wildman–Crippen MR) is 94.3 cm³/mol. The number of aliphatic hydroxyl groups excluding tert-OH is 1. The predicted octanol–water partition coefficient (Wildman–Crippen LogP) is 1.05. The Morgan fingerprint density at radius 3 is 2.58 bits per heavy atom. The highest BCUT2D eigenvalue weighted by molar-refractivity contribution is 7.16. The number of thiophene rings is 1. The summed E-state index contributed by atoms with van der Waals surface area (Å²) in [6.07, 6.45) is 3.56. The van der Waals surface area contributed by atoms with Crippen LogP contribution in [-0.2, 0) is 17.6 Å². The number of nitrogens with zero attached hydrogens (tertiary/aromatic N) is 3. The topological polar surface area (TPSA) is 79.6 Å². The number of carbonyl (C=O) groups is 1. The molecule has 1 aromatic heterocycles. The maximum Gasteiger partial charge on any atom is 0.226 e. The van der Waals surface area contributed by atoms with Gasteiger partial charge in [0, 0.05) is 50.6 Å². The smallest absolute Gasteiger partial charge is 0.226 e. The molecule has 1 amide bonds. The monoisotopic (exact) mass is 348 g/mol. The van der Waals surface area contributed by atoms with Gasteiger partial charge < -0.3 is 15.3 Å². The molecular weight excluding hydrogens is 324 g/mol. The SMILES string of the molecule is N#Cc1c(NC(=O)CCN2CCN(CCO)CC2)sc2c1CCC2. The van der Waals surface area contributed by atoms with Crippen molar-refractivity contribution in [1.29, 1.82) is 5.26 Å². The first kappa shape index (κ1) is 17.4. The Morgan fingerprint density at radius 1 is 1.21 bits per heavy atom. The van der Waals surface area contributed by atoms with Gasteiger partial charge >= 0.3 is 0 Å². The van der Waals surface area contributed by atoms with Crippen LogP contribution in [0.5, 0.6) is 0 Å². The maximum absolute atomic E-state index is 12.2. The number of nitrogens with one attached hydrogen (secondary N) is 1. The standard InChI is InChI=1S/C17H24N4O2S/c18-12-14-13-2-1-3-15(13)24-17(14)19-16(23)4-5-20-6-8-21(9-7-20)10-11-22/h22H,1-11H2,(H,19,23). The Balaban J connectivity index is 1.46. The van der Waals surface area contributed by atoms with E-state index in [2.05, 4.69) is 21.2 Å². The summed E-state index contributed by atoms with van der Waals surface area (Å²) in [6, 6.07) is 2.26. The second-order valence-corrected chi connectivity index (χ2v) is 7.48. The average Bonchev–Trinajstić information content (AvgIpc) is 3.15. The van der Waals surface area contributed by atoms with E-state index in [4.69, 9.17) is 5.11 Å². The van der Waals surface area contributed by atoms with Crippen molar-refractivity contribution in [2.75, 3.05) is 51.2 Å². The van der Waals surface area contributed by atoms with E-state index in [0.29, 0.717) is 12.0 Å². The lowest BCUT2D eigenvalue weighted by Gasteiger charge is -2.34. The molecule has 1 saturated heterocycles. The normalized spacial score (nSPS) is 18.3. The molecule has 7 heteroatoms. The number of fused-ring (bicyclic) bond motifs is 1. The Morgan fingerprint density at radius 2 is 1.92 bits per heavy atom. The lowest BCUT2D eigenvalue weighted by Crippen LogP contribution is -2.47. The van der Waals surface area contributed by atoms with Gasteiger partial charge in [-0.15, -0.1) is 11.3 Å². The van der Waals surface area contributed by atoms with E-state index in [0.717, 1.165) is 69.1 Å². The molecule has 0 radical (unpaired) electrons. The molecule has 0 bridgehead atoms. The van der Waals surface area contributed by atoms with Gasteiger partial charge in [0.2, 0.25) is 5.91 Å². The number of aliphatic hydroxyl groups is 1. The summed E-state index contributed by atoms with van der Waals surface area (Å²) in [6.45, 7) is 5.43. The van der Waals surface area contributed by atoms with Gasteiger partial charge in [-0.25, -0.2) is 0 Å². The van der Waals surface area contributed by atoms with Crippen molar-refractivity contribution in [3.8, 4) is 6.07 Å². The maximum atomic E-state index is 12.2. The summed E-state index contributed by atoms with van der Waals surface area (Å²) < 4.78 is 0. The molecule has 1 aliphatic heterocycles. The summed E-state index contributed by atoms with van der Waals surface area (Å²) in [5.41, 5.74) is 1.83. The van der Waals surface area contributed by atoms with Crippen molar-refractivity contribution < 1.29 is 9.90 Å². The molecule has 0 spiro atoms. The zero-order chi connectivity index (χ0) is 16.9. The van der Waals surface area contributed by atoms with Crippen LogP contribution in [0, 0.1) is 11.3 Å². The van der Waals surface area contributed by atoms with Crippen molar-refractivity contribution in [2.45, 2.75) is 25.7 Å². The van der Waals surface area contributed by atoms with Crippen LogP contribution in [0.4, 0.5) is 5.00 Å². The number of rotatable bonds is 6. The molecule has 0 unspecified atom stereocenters. The van der Waals surface area contributed by atoms with E-state index in [9.17, 15) is 10.1 Å². The molecule has 1 fully saturated rings. The number of carbonyl (C=O) groups excluding carboxylic acids is 1. The highest BCUT2D eigenvalue weighted by atomic mass is 32.1. The third kappa shape index (κ3) is 3.95. The van der Waals surface area contributed by atoms with Gasteiger partial charge in [0.15, 0.2) is 0 Å². The quantitative estimate of drug-likeness (QED) is 0.803. The fourth-order valence-corrected chi connectivity index (χ4v) is 4.69. The van der Waals surface area contributed by atoms with Crippen LogP contribution in [0.25, 0.3) is 0 Å². The van der Waals surface area contributed by atoms with E-state index < -0.39 is 0 Å². The first-order chi connectivity index (χ1) is 11.7. The Labute approximate surface area is 146 Å². The highest BCUT2D eigenvalue weighted by Crippen LogP contribution is 2.38. The number of nitriles is 1. The fraction of sp³-hybridized carbons (Fsp3) is 0.647. The summed E-state index contributed by atoms with van der Waals surface area (Å²) in [4.78, 5) is 18.0. The second kappa shape index (κ2) is 8.08. The van der Waals surface area contributed by atoms with E-state index in [1.807, 2.05) is 0 Å². The lowest BCUT2D eigenvalue weighted by atomic mass is 10.1. The number of piperazine rings is 1. The summed E-state index contributed by atoms with van der Waals surface area (Å²) in [5, 5.41) is 22.0. The molecule has 0 atom stereocenters. The molecule has 24 heavy (non-hydrogen) atoms. The molecule has 3 rings (SSSR count). The van der Waals surface area contributed by atoms with Crippen molar-refractivity contribution in [3.63, 3.8) is 0 Å². The first-order valence-corrected chi connectivity index (χ1v) is 9.43. The van der Waals surface area contributed by atoms with Crippen LogP contribution in [0.2, 0.25) is 0 Å². The average molecular weight is 348 g/mol. The minimum absolute atomic E-state index is 0.00999. The van der Waals surface area contributed by atoms with Crippen LogP contribution >= 0.6 is 11.3 Å². The fourth-order valence-electron chi connectivity index (χ4n) is 3.44. The summed E-state index contributed by atoms with van der Waals surface area (Å²) in [7, 11) is 0. The Hall–Kier alpha value is -1.46. The van der Waals surface area contributed by atoms with Crippen molar-refractivity contribution in [3.05, 3.63) is 16.0 Å². The molecule has 1 aromatic rings. The molecule has 2 heterocycles. The molecule has 0 aromatic carbocycles. The number of β-amino-alcohol motifs (C(OH)–C–C–N with tert-alkyl or cyclic N) is 1. The van der Waals surface area contributed by atoms with E-state index in [1.165, 1.54) is 4.88 Å². The minimum Gasteiger partial charge on any atom is -0.395 e. The third-order valence-electron chi connectivity index (χ3n) is 4.82. The molecule has 0 saturated carbocycles. The van der Waals surface area contributed by atoms with Gasteiger partial charge in [0.1, 0.15) is 11.1 Å². The van der Waals surface area contributed by atoms with E-state index in [-0.39, 0.29) is 12.5 Å². The number of amides is 1. The van der Waals surface area contributed by atoms with Crippen LogP contribution in [0.15, 0.2) is 0 Å². The number of hydrogen-bond donors (Lipinski definition) is 2. The van der Waals surface area contributed by atoms with Crippen LogP contribution in [0.1, 0.15) is 28.8 Å². The van der Waals surface area contributed by atoms with Gasteiger partial charge in [-0.05, 0) is 24.8 Å².